The highest BCUT2D eigenvalue weighted by Crippen LogP contribution is 2.30. The number of aromatic nitrogens is 2. The third-order valence-electron chi connectivity index (χ3n) is 4.75. The molecule has 0 amide bonds. The van der Waals surface area contributed by atoms with Gasteiger partial charge in [-0.3, -0.25) is 0 Å². The van der Waals surface area contributed by atoms with E-state index in [1.807, 2.05) is 0 Å². The summed E-state index contributed by atoms with van der Waals surface area (Å²) in [5, 5.41) is 0. The average molecular weight is 450 g/mol. The number of hydrogen-bond donors (Lipinski definition) is 1. The van der Waals surface area contributed by atoms with Crippen LogP contribution in [0.15, 0.2) is 22.8 Å². The van der Waals surface area contributed by atoms with E-state index in [9.17, 15) is 0 Å². The lowest BCUT2D eigenvalue weighted by molar-refractivity contribution is 0.171. The van der Waals surface area contributed by atoms with Crippen LogP contribution in [0.1, 0.15) is 76.1 Å². The highest BCUT2D eigenvalue weighted by molar-refractivity contribution is 9.10. The lowest BCUT2D eigenvalue weighted by Crippen LogP contribution is -2.18. The second kappa shape index (κ2) is 10.6. The number of hydrogen-bond acceptors (Lipinski definition) is 5. The summed E-state index contributed by atoms with van der Waals surface area (Å²) in [5.74, 6) is 2.03. The average Bonchev–Trinajstić information content (AvgIpc) is 2.66. The molecule has 28 heavy (non-hydrogen) atoms. The summed E-state index contributed by atoms with van der Waals surface area (Å²) < 4.78 is 12.3. The topological polar surface area (TPSA) is 70.3 Å². The quantitative estimate of drug-likeness (QED) is 0.489. The molecule has 1 aromatic carbocycles. The molecule has 1 heterocycles. The van der Waals surface area contributed by atoms with Gasteiger partial charge in [-0.15, -0.1) is 0 Å². The Morgan fingerprint density at radius 3 is 2.36 bits per heavy atom. The maximum absolute atomic E-state index is 6.17. The number of nitrogen functional groups attached to an aromatic ring is 1. The van der Waals surface area contributed by atoms with Gasteiger partial charge >= 0.3 is 0 Å². The standard InChI is InChI=1S/C22H32BrN3O2/c1-6-8-17(9-7-2)28-22-21(24)25-18(20(23)26-22)12-16-11-10-15(14(3)4)13-19(16)27-5/h10-11,13-14,17H,6-9,12H2,1-5H3,(H2,24,25). The number of ether oxygens (including phenoxy) is 2. The molecule has 2 N–H and O–H groups in total. The maximum atomic E-state index is 6.17. The molecule has 0 saturated carbocycles. The first-order valence-corrected chi connectivity index (χ1v) is 10.8. The third-order valence-corrected chi connectivity index (χ3v) is 5.38. The summed E-state index contributed by atoms with van der Waals surface area (Å²) in [6, 6.07) is 6.30. The van der Waals surface area contributed by atoms with Crippen molar-refractivity contribution in [3.05, 3.63) is 39.6 Å². The van der Waals surface area contributed by atoms with Crippen LogP contribution in [0, 0.1) is 0 Å². The molecule has 154 valence electrons. The molecule has 0 bridgehead atoms. The number of halogens is 1. The molecule has 6 heteroatoms. The smallest absolute Gasteiger partial charge is 0.258 e. The summed E-state index contributed by atoms with van der Waals surface area (Å²) in [7, 11) is 1.69. The van der Waals surface area contributed by atoms with E-state index in [-0.39, 0.29) is 6.10 Å². The second-order valence-electron chi connectivity index (χ2n) is 7.37. The Bertz CT molecular complexity index is 775. The van der Waals surface area contributed by atoms with Crippen LogP contribution in [0.4, 0.5) is 5.82 Å². The maximum Gasteiger partial charge on any atom is 0.258 e. The van der Waals surface area contributed by atoms with Crippen molar-refractivity contribution in [2.45, 2.75) is 71.8 Å². The minimum atomic E-state index is 0.119. The molecule has 0 spiro atoms. The predicted molar refractivity (Wildman–Crippen MR) is 118 cm³/mol. The number of rotatable bonds is 10. The van der Waals surface area contributed by atoms with E-state index in [0.717, 1.165) is 42.7 Å². The van der Waals surface area contributed by atoms with E-state index in [2.05, 4.69) is 71.8 Å². The van der Waals surface area contributed by atoms with Gasteiger partial charge in [0.25, 0.3) is 5.88 Å². The van der Waals surface area contributed by atoms with Gasteiger partial charge in [-0.2, -0.15) is 0 Å². The van der Waals surface area contributed by atoms with Crippen LogP contribution < -0.4 is 15.2 Å². The summed E-state index contributed by atoms with van der Waals surface area (Å²) in [5.41, 5.74) is 9.22. The van der Waals surface area contributed by atoms with Gasteiger partial charge in [0.2, 0.25) is 0 Å². The minimum Gasteiger partial charge on any atom is -0.496 e. The molecule has 0 atom stereocenters. The number of nitrogens with zero attached hydrogens (tertiary/aromatic N) is 2. The van der Waals surface area contributed by atoms with Crippen molar-refractivity contribution in [3.63, 3.8) is 0 Å². The predicted octanol–water partition coefficient (Wildman–Crippen LogP) is 5.89. The molecule has 0 saturated heterocycles. The molecule has 0 aliphatic heterocycles. The summed E-state index contributed by atoms with van der Waals surface area (Å²) in [4.78, 5) is 9.10. The van der Waals surface area contributed by atoms with Crippen molar-refractivity contribution in [1.82, 2.24) is 9.97 Å². The van der Waals surface area contributed by atoms with Crippen molar-refractivity contribution < 1.29 is 9.47 Å². The largest absolute Gasteiger partial charge is 0.496 e. The number of anilines is 1. The zero-order valence-electron chi connectivity index (χ0n) is 17.6. The SMILES string of the molecule is CCCC(CCC)Oc1nc(Br)c(Cc2ccc(C(C)C)cc2OC)nc1N. The highest BCUT2D eigenvalue weighted by Gasteiger charge is 2.17. The molecule has 0 radical (unpaired) electrons. The fourth-order valence-electron chi connectivity index (χ4n) is 3.16. The van der Waals surface area contributed by atoms with Crippen molar-refractivity contribution in [3.8, 4) is 11.6 Å². The Morgan fingerprint density at radius 2 is 1.79 bits per heavy atom. The number of methoxy groups -OCH3 is 1. The normalized spacial score (nSPS) is 11.3. The van der Waals surface area contributed by atoms with E-state index >= 15 is 0 Å². The number of nitrogens with two attached hydrogens (primary N) is 1. The van der Waals surface area contributed by atoms with Crippen LogP contribution in [0.3, 0.4) is 0 Å². The Kier molecular flexibility index (Phi) is 8.55. The molecule has 0 unspecified atom stereocenters. The molecule has 0 aliphatic rings. The Morgan fingerprint density at radius 1 is 1.11 bits per heavy atom. The minimum absolute atomic E-state index is 0.119. The fourth-order valence-corrected chi connectivity index (χ4v) is 3.55. The van der Waals surface area contributed by atoms with Gasteiger partial charge in [-0.25, -0.2) is 9.97 Å². The van der Waals surface area contributed by atoms with Gasteiger partial charge in [0, 0.05) is 12.0 Å². The molecular formula is C22H32BrN3O2. The van der Waals surface area contributed by atoms with Crippen molar-refractivity contribution in [2.24, 2.45) is 0 Å². The summed E-state index contributed by atoms with van der Waals surface area (Å²) in [6.07, 6.45) is 4.77. The first-order chi connectivity index (χ1) is 13.4. The van der Waals surface area contributed by atoms with Gasteiger partial charge in [0.1, 0.15) is 16.5 Å². The molecule has 5 nitrogen and oxygen atoms in total. The van der Waals surface area contributed by atoms with Crippen molar-refractivity contribution in [2.75, 3.05) is 12.8 Å². The van der Waals surface area contributed by atoms with Crippen LogP contribution >= 0.6 is 15.9 Å². The van der Waals surface area contributed by atoms with Crippen LogP contribution in [0.25, 0.3) is 0 Å². The van der Waals surface area contributed by atoms with Gasteiger partial charge in [-0.05, 0) is 46.3 Å². The zero-order valence-corrected chi connectivity index (χ0v) is 19.2. The molecule has 0 fully saturated rings. The van der Waals surface area contributed by atoms with E-state index in [4.69, 9.17) is 15.2 Å². The van der Waals surface area contributed by atoms with Crippen molar-refractivity contribution >= 4 is 21.7 Å². The lowest BCUT2D eigenvalue weighted by atomic mass is 9.99. The Hall–Kier alpha value is -1.82. The van der Waals surface area contributed by atoms with Gasteiger partial charge in [-0.1, -0.05) is 52.7 Å². The van der Waals surface area contributed by atoms with E-state index in [1.54, 1.807) is 7.11 Å². The fraction of sp³-hybridized carbons (Fsp3) is 0.545. The van der Waals surface area contributed by atoms with Crippen LogP contribution in [0.5, 0.6) is 11.6 Å². The van der Waals surface area contributed by atoms with E-state index < -0.39 is 0 Å². The molecule has 0 aliphatic carbocycles. The van der Waals surface area contributed by atoms with Crippen molar-refractivity contribution in [1.29, 1.82) is 0 Å². The van der Waals surface area contributed by atoms with E-state index in [1.165, 1.54) is 5.56 Å². The van der Waals surface area contributed by atoms with Gasteiger partial charge in [0.05, 0.1) is 12.8 Å². The molecular weight excluding hydrogens is 418 g/mol. The second-order valence-corrected chi connectivity index (χ2v) is 8.12. The number of benzene rings is 1. The molecule has 2 aromatic rings. The first-order valence-electron chi connectivity index (χ1n) is 10.0. The first kappa shape index (κ1) is 22.5. The summed E-state index contributed by atoms with van der Waals surface area (Å²) in [6.45, 7) is 8.64. The lowest BCUT2D eigenvalue weighted by Gasteiger charge is -2.19. The van der Waals surface area contributed by atoms with Crippen LogP contribution in [-0.4, -0.2) is 23.2 Å². The zero-order chi connectivity index (χ0) is 20.7. The van der Waals surface area contributed by atoms with E-state index in [0.29, 0.717) is 28.6 Å². The summed E-state index contributed by atoms with van der Waals surface area (Å²) >= 11 is 3.54. The Labute approximate surface area is 177 Å². The van der Waals surface area contributed by atoms with Gasteiger partial charge < -0.3 is 15.2 Å². The molecule has 1 aromatic heterocycles. The third kappa shape index (κ3) is 5.84. The van der Waals surface area contributed by atoms with Crippen LogP contribution in [0.2, 0.25) is 0 Å². The van der Waals surface area contributed by atoms with Crippen LogP contribution in [-0.2, 0) is 6.42 Å². The Balaban J connectivity index is 2.25. The highest BCUT2D eigenvalue weighted by atomic mass is 79.9. The monoisotopic (exact) mass is 449 g/mol. The molecule has 2 rings (SSSR count). The van der Waals surface area contributed by atoms with Gasteiger partial charge in [0.15, 0.2) is 5.82 Å².